The van der Waals surface area contributed by atoms with Crippen LogP contribution in [0.3, 0.4) is 0 Å². The zero-order chi connectivity index (χ0) is 22.1. The smallest absolute Gasteiger partial charge is 0.167 e. The number of thioether (sulfide) groups is 1. The van der Waals surface area contributed by atoms with E-state index in [1.165, 1.54) is 30.9 Å². The molecule has 2 aromatic rings. The average molecular weight is 481 g/mol. The zero-order valence-electron chi connectivity index (χ0n) is 17.6. The number of aliphatic hydroxyl groups excluding tert-OH is 2. The molecule has 1 saturated carbocycles. The predicted octanol–water partition coefficient (Wildman–Crippen LogP) is 1.20. The van der Waals surface area contributed by atoms with Crippen molar-refractivity contribution in [1.82, 2.24) is 24.8 Å². The molecule has 0 spiro atoms. The standard InChI is InChI=1S/C20H28N6O4S2/c27-15-13(8-32-20(31)25-11-3-1-2-4-11)30-19(16(15)28)26-10-23-14-17(21-9-22-18(14)26)24-12-5-6-29-7-12/h9-13,15-16,19,27-28H,1-8H2,(H,25,31)(H,21,22,24)/t12-,13-,15-,16-,19-/m1/s1. The second-order valence-corrected chi connectivity index (χ2v) is 10.2. The van der Waals surface area contributed by atoms with Gasteiger partial charge in [0, 0.05) is 18.4 Å². The van der Waals surface area contributed by atoms with Gasteiger partial charge < -0.3 is 30.3 Å². The lowest BCUT2D eigenvalue weighted by Gasteiger charge is -2.17. The molecule has 0 bridgehead atoms. The molecule has 1 aliphatic carbocycles. The number of nitrogens with zero attached hydrogens (tertiary/aromatic N) is 4. The van der Waals surface area contributed by atoms with Crippen LogP contribution in [0.25, 0.3) is 11.2 Å². The van der Waals surface area contributed by atoms with Gasteiger partial charge in [-0.3, -0.25) is 4.57 Å². The number of hydrogen-bond donors (Lipinski definition) is 4. The lowest BCUT2D eigenvalue weighted by Crippen LogP contribution is -2.34. The fourth-order valence-corrected chi connectivity index (χ4v) is 5.73. The lowest BCUT2D eigenvalue weighted by molar-refractivity contribution is -0.0288. The average Bonchev–Trinajstić information content (AvgIpc) is 3.58. The first-order valence-corrected chi connectivity index (χ1v) is 12.5. The van der Waals surface area contributed by atoms with Crippen molar-refractivity contribution in [2.75, 3.05) is 24.3 Å². The van der Waals surface area contributed by atoms with Crippen LogP contribution in [-0.4, -0.2) is 83.4 Å². The van der Waals surface area contributed by atoms with Crippen LogP contribution < -0.4 is 10.6 Å². The molecule has 2 aromatic heterocycles. The van der Waals surface area contributed by atoms with Crippen molar-refractivity contribution in [3.05, 3.63) is 12.7 Å². The van der Waals surface area contributed by atoms with E-state index in [0.717, 1.165) is 25.9 Å². The number of aliphatic hydroxyl groups is 2. The minimum Gasteiger partial charge on any atom is -0.387 e. The van der Waals surface area contributed by atoms with Crippen molar-refractivity contribution in [2.45, 2.75) is 68.7 Å². The molecule has 2 saturated heterocycles. The molecule has 4 heterocycles. The van der Waals surface area contributed by atoms with Gasteiger partial charge in [0.1, 0.15) is 22.9 Å². The molecule has 0 radical (unpaired) electrons. The summed E-state index contributed by atoms with van der Waals surface area (Å²) in [6.45, 7) is 1.35. The monoisotopic (exact) mass is 480 g/mol. The van der Waals surface area contributed by atoms with Crippen molar-refractivity contribution >= 4 is 45.3 Å². The van der Waals surface area contributed by atoms with Crippen molar-refractivity contribution in [2.24, 2.45) is 0 Å². The molecule has 5 rings (SSSR count). The summed E-state index contributed by atoms with van der Waals surface area (Å²) in [5, 5.41) is 28.0. The normalized spacial score (nSPS) is 30.9. The van der Waals surface area contributed by atoms with E-state index in [9.17, 15) is 10.2 Å². The van der Waals surface area contributed by atoms with Gasteiger partial charge in [-0.25, -0.2) is 15.0 Å². The molecular weight excluding hydrogens is 452 g/mol. The van der Waals surface area contributed by atoms with E-state index in [1.807, 2.05) is 0 Å². The number of ether oxygens (including phenoxy) is 2. The molecule has 0 aromatic carbocycles. The Kier molecular flexibility index (Phi) is 6.76. The third-order valence-electron chi connectivity index (χ3n) is 6.30. The van der Waals surface area contributed by atoms with Crippen LogP contribution in [0.15, 0.2) is 12.7 Å². The van der Waals surface area contributed by atoms with Gasteiger partial charge >= 0.3 is 0 Å². The first-order chi connectivity index (χ1) is 15.6. The van der Waals surface area contributed by atoms with Crippen LogP contribution in [0.2, 0.25) is 0 Å². The number of fused-ring (bicyclic) bond motifs is 1. The summed E-state index contributed by atoms with van der Waals surface area (Å²) >= 11 is 6.88. The Morgan fingerprint density at radius 2 is 2.00 bits per heavy atom. The Hall–Kier alpha value is -1.57. The van der Waals surface area contributed by atoms with Gasteiger partial charge in [0.05, 0.1) is 25.1 Å². The van der Waals surface area contributed by atoms with Gasteiger partial charge in [-0.15, -0.1) is 0 Å². The first kappa shape index (κ1) is 22.2. The van der Waals surface area contributed by atoms with E-state index in [4.69, 9.17) is 21.7 Å². The summed E-state index contributed by atoms with van der Waals surface area (Å²) in [5.74, 6) is 1.07. The molecule has 4 N–H and O–H groups in total. The highest BCUT2D eigenvalue weighted by Crippen LogP contribution is 2.34. The topological polar surface area (TPSA) is 127 Å². The van der Waals surface area contributed by atoms with E-state index >= 15 is 0 Å². The van der Waals surface area contributed by atoms with E-state index in [0.29, 0.717) is 39.7 Å². The Labute approximate surface area is 195 Å². The zero-order valence-corrected chi connectivity index (χ0v) is 19.2. The first-order valence-electron chi connectivity index (χ1n) is 11.1. The van der Waals surface area contributed by atoms with Crippen LogP contribution in [0.5, 0.6) is 0 Å². The summed E-state index contributed by atoms with van der Waals surface area (Å²) in [6.07, 6.45) is 5.18. The highest BCUT2D eigenvalue weighted by molar-refractivity contribution is 8.23. The van der Waals surface area contributed by atoms with Crippen LogP contribution >= 0.6 is 24.0 Å². The van der Waals surface area contributed by atoms with Crippen molar-refractivity contribution < 1.29 is 19.7 Å². The molecule has 2 aliphatic heterocycles. The van der Waals surface area contributed by atoms with Crippen LogP contribution in [0, 0.1) is 0 Å². The van der Waals surface area contributed by atoms with Crippen molar-refractivity contribution in [3.8, 4) is 0 Å². The minimum absolute atomic E-state index is 0.177. The van der Waals surface area contributed by atoms with Gasteiger partial charge in [0.2, 0.25) is 0 Å². The molecule has 12 heteroatoms. The highest BCUT2D eigenvalue weighted by Gasteiger charge is 2.44. The number of aromatic nitrogens is 4. The molecule has 0 amide bonds. The molecule has 10 nitrogen and oxygen atoms in total. The fourth-order valence-electron chi connectivity index (χ4n) is 4.52. The van der Waals surface area contributed by atoms with Crippen molar-refractivity contribution in [3.63, 3.8) is 0 Å². The molecular formula is C20H28N6O4S2. The van der Waals surface area contributed by atoms with Crippen LogP contribution in [0.4, 0.5) is 5.82 Å². The maximum Gasteiger partial charge on any atom is 0.167 e. The predicted molar refractivity (Wildman–Crippen MR) is 125 cm³/mol. The third kappa shape index (κ3) is 4.57. The second-order valence-electron chi connectivity index (χ2n) is 8.52. The number of imidazole rings is 1. The minimum atomic E-state index is -1.11. The van der Waals surface area contributed by atoms with Gasteiger partial charge in [0.25, 0.3) is 0 Å². The molecule has 0 unspecified atom stereocenters. The van der Waals surface area contributed by atoms with Gasteiger partial charge in [-0.05, 0) is 19.3 Å². The molecule has 3 aliphatic rings. The lowest BCUT2D eigenvalue weighted by atomic mass is 10.1. The van der Waals surface area contributed by atoms with E-state index in [1.54, 1.807) is 10.9 Å². The summed E-state index contributed by atoms with van der Waals surface area (Å²) in [4.78, 5) is 13.1. The second kappa shape index (κ2) is 9.74. The largest absolute Gasteiger partial charge is 0.387 e. The van der Waals surface area contributed by atoms with E-state index in [2.05, 4.69) is 25.6 Å². The summed E-state index contributed by atoms with van der Waals surface area (Å²) in [5.41, 5.74) is 1.12. The highest BCUT2D eigenvalue weighted by atomic mass is 32.2. The maximum atomic E-state index is 10.7. The number of anilines is 1. The SMILES string of the molecule is O[C@@H]1[C@H](O)[C@@H](CSC(=S)NC2CCCC2)O[C@H]1n1cnc2c(N[C@@H]3CCOC3)ncnc21. The van der Waals surface area contributed by atoms with Gasteiger partial charge in [0.15, 0.2) is 23.2 Å². The summed E-state index contributed by atoms with van der Waals surface area (Å²) < 4.78 is 13.8. The van der Waals surface area contributed by atoms with Crippen LogP contribution in [0.1, 0.15) is 38.3 Å². The van der Waals surface area contributed by atoms with Crippen LogP contribution in [-0.2, 0) is 9.47 Å². The number of thiocarbonyl (C=S) groups is 1. The maximum absolute atomic E-state index is 10.7. The molecule has 5 atom stereocenters. The third-order valence-corrected chi connectivity index (χ3v) is 7.64. The Morgan fingerprint density at radius 1 is 1.16 bits per heavy atom. The van der Waals surface area contributed by atoms with Crippen molar-refractivity contribution in [1.29, 1.82) is 0 Å². The summed E-state index contributed by atoms with van der Waals surface area (Å²) in [6, 6.07) is 0.620. The molecule has 32 heavy (non-hydrogen) atoms. The Balaban J connectivity index is 1.25. The number of hydrogen-bond acceptors (Lipinski definition) is 10. The van der Waals surface area contributed by atoms with Gasteiger partial charge in [-0.2, -0.15) is 0 Å². The quantitative estimate of drug-likeness (QED) is 0.445. The molecule has 174 valence electrons. The molecule has 3 fully saturated rings. The van der Waals surface area contributed by atoms with E-state index < -0.39 is 24.5 Å². The fraction of sp³-hybridized carbons (Fsp3) is 0.700. The Bertz CT molecular complexity index is 949. The number of rotatable bonds is 6. The summed E-state index contributed by atoms with van der Waals surface area (Å²) in [7, 11) is 0. The Morgan fingerprint density at radius 3 is 2.78 bits per heavy atom. The van der Waals surface area contributed by atoms with E-state index in [-0.39, 0.29) is 6.04 Å². The number of nitrogens with one attached hydrogen (secondary N) is 2. The van der Waals surface area contributed by atoms with Gasteiger partial charge in [-0.1, -0.05) is 36.8 Å².